The molecule has 0 radical (unpaired) electrons. The van der Waals surface area contributed by atoms with Crippen molar-refractivity contribution < 1.29 is 13.9 Å². The fourth-order valence-electron chi connectivity index (χ4n) is 2.70. The Hall–Kier alpha value is -3.78. The Morgan fingerprint density at radius 1 is 1.10 bits per heavy atom. The Morgan fingerprint density at radius 2 is 1.93 bits per heavy atom. The fourth-order valence-corrected chi connectivity index (χ4v) is 2.91. The van der Waals surface area contributed by atoms with E-state index in [1.54, 1.807) is 43.6 Å². The molecule has 7 nitrogen and oxygen atoms in total. The molecule has 4 rings (SSSR count). The van der Waals surface area contributed by atoms with Crippen LogP contribution in [0.3, 0.4) is 0 Å². The van der Waals surface area contributed by atoms with Crippen molar-refractivity contribution >= 4 is 40.2 Å². The zero-order valence-corrected chi connectivity index (χ0v) is 16.2. The molecule has 0 saturated carbocycles. The number of carbonyl (C=O) groups is 1. The predicted molar refractivity (Wildman–Crippen MR) is 114 cm³/mol. The lowest BCUT2D eigenvalue weighted by Crippen LogP contribution is -2.34. The van der Waals surface area contributed by atoms with Crippen molar-refractivity contribution in [2.75, 3.05) is 12.4 Å². The van der Waals surface area contributed by atoms with Crippen LogP contribution in [0.5, 0.6) is 5.75 Å². The van der Waals surface area contributed by atoms with Gasteiger partial charge in [-0.15, -0.1) is 0 Å². The Bertz CT molecular complexity index is 1150. The molecule has 2 N–H and O–H groups in total. The molecular weight excluding hydrogens is 388 g/mol. The van der Waals surface area contributed by atoms with E-state index in [0.717, 1.165) is 5.56 Å². The zero-order valence-electron chi connectivity index (χ0n) is 15.4. The molecule has 144 valence electrons. The number of thiocarbonyl (C=S) groups is 1. The molecular formula is C21H16N4O3S. The molecule has 2 aromatic carbocycles. The van der Waals surface area contributed by atoms with E-state index in [-0.39, 0.29) is 11.0 Å². The average molecular weight is 404 g/mol. The highest BCUT2D eigenvalue weighted by Crippen LogP contribution is 2.25. The summed E-state index contributed by atoms with van der Waals surface area (Å²) in [7, 11) is 1.57. The van der Waals surface area contributed by atoms with Gasteiger partial charge in [0.1, 0.15) is 5.75 Å². The number of hydrogen-bond donors (Lipinski definition) is 2. The van der Waals surface area contributed by atoms with Crippen LogP contribution in [0.25, 0.3) is 22.7 Å². The van der Waals surface area contributed by atoms with Crippen molar-refractivity contribution in [1.82, 2.24) is 15.3 Å². The molecule has 0 aliphatic heterocycles. The number of benzene rings is 2. The van der Waals surface area contributed by atoms with Crippen molar-refractivity contribution in [3.8, 4) is 17.2 Å². The molecule has 0 saturated heterocycles. The molecule has 0 aliphatic rings. The molecule has 0 bridgehead atoms. The van der Waals surface area contributed by atoms with Gasteiger partial charge in [-0.25, -0.2) is 4.98 Å². The van der Waals surface area contributed by atoms with E-state index in [1.807, 2.05) is 30.3 Å². The normalized spacial score (nSPS) is 10.5. The summed E-state index contributed by atoms with van der Waals surface area (Å²) in [6.07, 6.45) is 1.66. The predicted octanol–water partition coefficient (Wildman–Crippen LogP) is 4.03. The van der Waals surface area contributed by atoms with Crippen LogP contribution in [-0.2, 0) is 0 Å². The molecule has 8 heteroatoms. The van der Waals surface area contributed by atoms with Crippen molar-refractivity contribution in [3.63, 3.8) is 0 Å². The molecule has 4 aromatic rings. The van der Waals surface area contributed by atoms with Crippen LogP contribution in [0.4, 0.5) is 5.69 Å². The molecule has 0 fully saturated rings. The van der Waals surface area contributed by atoms with Gasteiger partial charge < -0.3 is 14.5 Å². The van der Waals surface area contributed by atoms with Gasteiger partial charge in [-0.05, 0) is 66.8 Å². The second kappa shape index (κ2) is 8.07. The molecule has 0 unspecified atom stereocenters. The first-order valence-corrected chi connectivity index (χ1v) is 9.11. The van der Waals surface area contributed by atoms with Gasteiger partial charge in [0.05, 0.1) is 7.11 Å². The maximum atomic E-state index is 12.3. The third-order valence-corrected chi connectivity index (χ3v) is 4.32. The highest BCUT2D eigenvalue weighted by molar-refractivity contribution is 7.80. The minimum atomic E-state index is -0.314. The van der Waals surface area contributed by atoms with E-state index in [4.69, 9.17) is 21.4 Å². The number of pyridine rings is 1. The standard InChI is InChI=1S/C21H16N4O3S/c1-27-16-9-7-13(8-10-16)19(26)25-21(29)23-15-5-2-4-14(12-15)20-24-18-17(28-20)6-3-11-22-18/h2-12H,1H3,(H2,23,25,26,29). The first-order chi connectivity index (χ1) is 14.1. The number of nitrogens with one attached hydrogen (secondary N) is 2. The molecule has 0 atom stereocenters. The summed E-state index contributed by atoms with van der Waals surface area (Å²) >= 11 is 5.26. The largest absolute Gasteiger partial charge is 0.497 e. The van der Waals surface area contributed by atoms with Gasteiger partial charge in [0, 0.05) is 23.0 Å². The van der Waals surface area contributed by atoms with Gasteiger partial charge >= 0.3 is 0 Å². The molecule has 0 aliphatic carbocycles. The van der Waals surface area contributed by atoms with Gasteiger partial charge in [0.2, 0.25) is 5.89 Å². The van der Waals surface area contributed by atoms with E-state index >= 15 is 0 Å². The van der Waals surface area contributed by atoms with Crippen LogP contribution in [0.15, 0.2) is 71.3 Å². The highest BCUT2D eigenvalue weighted by Gasteiger charge is 2.11. The van der Waals surface area contributed by atoms with E-state index in [0.29, 0.717) is 34.1 Å². The smallest absolute Gasteiger partial charge is 0.257 e. The van der Waals surface area contributed by atoms with Gasteiger partial charge in [-0.1, -0.05) is 6.07 Å². The number of methoxy groups -OCH3 is 1. The molecule has 0 spiro atoms. The Kier molecular flexibility index (Phi) is 5.17. The zero-order chi connectivity index (χ0) is 20.2. The van der Waals surface area contributed by atoms with E-state index in [2.05, 4.69) is 20.6 Å². The fraction of sp³-hybridized carbons (Fsp3) is 0.0476. The van der Waals surface area contributed by atoms with Gasteiger partial charge in [-0.3, -0.25) is 10.1 Å². The maximum absolute atomic E-state index is 12.3. The first-order valence-electron chi connectivity index (χ1n) is 8.71. The number of rotatable bonds is 4. The van der Waals surface area contributed by atoms with Crippen molar-refractivity contribution in [3.05, 3.63) is 72.4 Å². The summed E-state index contributed by atoms with van der Waals surface area (Å²) in [4.78, 5) is 20.9. The lowest BCUT2D eigenvalue weighted by atomic mass is 10.2. The van der Waals surface area contributed by atoms with Crippen LogP contribution in [0.2, 0.25) is 0 Å². The molecule has 29 heavy (non-hydrogen) atoms. The third-order valence-electron chi connectivity index (χ3n) is 4.11. The summed E-state index contributed by atoms with van der Waals surface area (Å²) in [5.74, 6) is 0.815. The summed E-state index contributed by atoms with van der Waals surface area (Å²) in [6.45, 7) is 0. The van der Waals surface area contributed by atoms with Gasteiger partial charge in [-0.2, -0.15) is 4.98 Å². The molecule has 2 aromatic heterocycles. The lowest BCUT2D eigenvalue weighted by Gasteiger charge is -2.10. The minimum absolute atomic E-state index is 0.183. The number of anilines is 1. The Labute approximate surface area is 171 Å². The number of ether oxygens (including phenoxy) is 1. The number of amides is 1. The van der Waals surface area contributed by atoms with Crippen LogP contribution in [0.1, 0.15) is 10.4 Å². The van der Waals surface area contributed by atoms with Gasteiger partial charge in [0.25, 0.3) is 5.91 Å². The van der Waals surface area contributed by atoms with E-state index in [9.17, 15) is 4.79 Å². The third kappa shape index (κ3) is 4.22. The number of fused-ring (bicyclic) bond motifs is 1. The van der Waals surface area contributed by atoms with Crippen LogP contribution in [-0.4, -0.2) is 28.1 Å². The quantitative estimate of drug-likeness (QED) is 0.497. The Balaban J connectivity index is 1.45. The highest BCUT2D eigenvalue weighted by atomic mass is 32.1. The average Bonchev–Trinajstić information content (AvgIpc) is 3.18. The van der Waals surface area contributed by atoms with Crippen LogP contribution < -0.4 is 15.4 Å². The summed E-state index contributed by atoms with van der Waals surface area (Å²) < 4.78 is 10.8. The van der Waals surface area contributed by atoms with E-state index in [1.165, 1.54) is 0 Å². The second-order valence-electron chi connectivity index (χ2n) is 6.06. The topological polar surface area (TPSA) is 89.3 Å². The van der Waals surface area contributed by atoms with Gasteiger partial charge in [0.15, 0.2) is 16.3 Å². The Morgan fingerprint density at radius 3 is 2.69 bits per heavy atom. The number of carbonyl (C=O) groups excluding carboxylic acids is 1. The number of oxazole rings is 1. The van der Waals surface area contributed by atoms with Crippen LogP contribution >= 0.6 is 12.2 Å². The minimum Gasteiger partial charge on any atom is -0.497 e. The SMILES string of the molecule is COc1ccc(C(=O)NC(=S)Nc2cccc(-c3nc4ncccc4o3)c2)cc1. The lowest BCUT2D eigenvalue weighted by molar-refractivity contribution is 0.0977. The summed E-state index contributed by atoms with van der Waals surface area (Å²) in [6, 6.07) is 17.7. The monoisotopic (exact) mass is 404 g/mol. The number of nitrogens with zero attached hydrogens (tertiary/aromatic N) is 2. The summed E-state index contributed by atoms with van der Waals surface area (Å²) in [5, 5.41) is 5.84. The number of hydrogen-bond acceptors (Lipinski definition) is 6. The second-order valence-corrected chi connectivity index (χ2v) is 6.47. The van der Waals surface area contributed by atoms with E-state index < -0.39 is 0 Å². The molecule has 1 amide bonds. The van der Waals surface area contributed by atoms with Crippen molar-refractivity contribution in [2.45, 2.75) is 0 Å². The van der Waals surface area contributed by atoms with Crippen LogP contribution in [0, 0.1) is 0 Å². The summed E-state index contributed by atoms with van der Waals surface area (Å²) in [5.41, 5.74) is 3.09. The molecule has 2 heterocycles. The first kappa shape index (κ1) is 18.6. The maximum Gasteiger partial charge on any atom is 0.257 e. The van der Waals surface area contributed by atoms with Crippen molar-refractivity contribution in [1.29, 1.82) is 0 Å². The van der Waals surface area contributed by atoms with Crippen molar-refractivity contribution in [2.24, 2.45) is 0 Å². The number of aromatic nitrogens is 2.